The number of hydrogen-bond acceptors (Lipinski definition) is 14. The molecule has 0 saturated heterocycles. The molecule has 2 atom stereocenters. The summed E-state index contributed by atoms with van der Waals surface area (Å²) in [6, 6.07) is 2.80. The molecule has 1 aliphatic heterocycles. The Labute approximate surface area is 239 Å². The van der Waals surface area contributed by atoms with Gasteiger partial charge in [-0.05, 0) is 6.92 Å². The van der Waals surface area contributed by atoms with E-state index in [1.54, 1.807) is 6.92 Å². The third-order valence-electron chi connectivity index (χ3n) is 5.07. The first-order valence-corrected chi connectivity index (χ1v) is 14.8. The fourth-order valence-electron chi connectivity index (χ4n) is 3.22. The Morgan fingerprint density at radius 2 is 2.18 bits per heavy atom. The Bertz CT molecular complexity index is 1420. The maximum absolute atomic E-state index is 13.0. The van der Waals surface area contributed by atoms with Crippen LogP contribution in [0.5, 0.6) is 0 Å². The first-order valence-electron chi connectivity index (χ1n) is 11.3. The molecule has 4 heterocycles. The van der Waals surface area contributed by atoms with Gasteiger partial charge in [0.15, 0.2) is 21.9 Å². The number of nitrogens with two attached hydrogens (primary N) is 1. The highest BCUT2D eigenvalue weighted by molar-refractivity contribution is 8.07. The Morgan fingerprint density at radius 3 is 2.82 bits per heavy atom. The number of nitrogens with one attached hydrogen (secondary N) is 2. The molecule has 17 heteroatoms. The van der Waals surface area contributed by atoms with E-state index in [1.807, 2.05) is 41.5 Å². The molecule has 0 saturated carbocycles. The van der Waals surface area contributed by atoms with Crippen LogP contribution in [0.1, 0.15) is 12.7 Å². The van der Waals surface area contributed by atoms with Gasteiger partial charge in [-0.15, -0.1) is 23.1 Å². The van der Waals surface area contributed by atoms with Crippen molar-refractivity contribution in [3.8, 4) is 11.3 Å². The number of oxime groups is 1. The zero-order valence-corrected chi connectivity index (χ0v) is 23.8. The summed E-state index contributed by atoms with van der Waals surface area (Å²) in [6.45, 7) is 1.87. The third-order valence-corrected chi connectivity index (χ3v) is 9.05. The summed E-state index contributed by atoms with van der Waals surface area (Å²) in [5, 5.41) is 20.4. The number of pyridine rings is 1. The number of carbonyl (C=O) groups excluding carboxylic acids is 2. The zero-order valence-electron chi connectivity index (χ0n) is 20.6. The monoisotopic (exact) mass is 607 g/mol. The molecule has 39 heavy (non-hydrogen) atoms. The van der Waals surface area contributed by atoms with Crippen LogP contribution in [0.2, 0.25) is 0 Å². The van der Waals surface area contributed by atoms with Crippen LogP contribution < -0.4 is 20.9 Å². The van der Waals surface area contributed by atoms with Crippen molar-refractivity contribution in [1.29, 1.82) is 0 Å². The lowest BCUT2D eigenvalue weighted by Gasteiger charge is -2.30. The van der Waals surface area contributed by atoms with Crippen molar-refractivity contribution in [1.82, 2.24) is 25.0 Å². The van der Waals surface area contributed by atoms with Crippen LogP contribution in [-0.4, -0.2) is 67.1 Å². The lowest BCUT2D eigenvalue weighted by molar-refractivity contribution is -0.671. The highest BCUT2D eigenvalue weighted by atomic mass is 32.2. The minimum atomic E-state index is -1.19. The molecular weight excluding hydrogens is 585 g/mol. The fourth-order valence-corrected chi connectivity index (χ4v) is 6.90. The van der Waals surface area contributed by atoms with E-state index in [0.717, 1.165) is 22.8 Å². The average molecular weight is 608 g/mol. The van der Waals surface area contributed by atoms with E-state index in [9.17, 15) is 19.5 Å². The van der Waals surface area contributed by atoms with Gasteiger partial charge in [-0.2, -0.15) is 9.36 Å². The molecule has 204 valence electrons. The summed E-state index contributed by atoms with van der Waals surface area (Å²) in [4.78, 5) is 51.1. The molecule has 13 nitrogen and oxygen atoms in total. The number of hydrogen-bond donors (Lipinski definition) is 4. The van der Waals surface area contributed by atoms with Crippen molar-refractivity contribution < 1.29 is 28.9 Å². The van der Waals surface area contributed by atoms with Gasteiger partial charge in [0.05, 0.1) is 5.69 Å². The van der Waals surface area contributed by atoms with Crippen molar-refractivity contribution in [2.24, 2.45) is 12.2 Å². The number of aliphatic carboxylic acids is 1. The molecule has 3 aromatic heterocycles. The minimum Gasteiger partial charge on any atom is -0.477 e. The van der Waals surface area contributed by atoms with E-state index in [-0.39, 0.29) is 34.7 Å². The third kappa shape index (κ3) is 7.11. The van der Waals surface area contributed by atoms with E-state index in [0.29, 0.717) is 15.5 Å². The number of aldehydes is 1. The van der Waals surface area contributed by atoms with Gasteiger partial charge in [-0.3, -0.25) is 4.79 Å². The standard InChI is InChI=1S/C22H22N8O5S4/c1-3-35-28-16(17-27-21(23)39-29-17)18(32)24-12(8-31)19-26-15(20(33)34)14(10-36-19)38-22-25-13(9-37-22)11-4-6-30(2)7-5-11/h4-9,12,19,26H,3,10H2,1-2H3,(H3-,23,24,27,29,32,33,34)/p+1/b28-16-/t12-,19-/m1/s1. The number of aryl methyl sites for hydroxylation is 1. The molecule has 0 aromatic carbocycles. The number of anilines is 1. The van der Waals surface area contributed by atoms with E-state index in [4.69, 9.17) is 10.6 Å². The number of nitrogen functional groups attached to an aromatic ring is 1. The second-order valence-electron chi connectivity index (χ2n) is 7.78. The molecule has 0 aliphatic carbocycles. The quantitative estimate of drug-likeness (QED) is 0.106. The highest BCUT2D eigenvalue weighted by Gasteiger charge is 2.33. The molecule has 0 unspecified atom stereocenters. The number of carboxylic acids is 1. The van der Waals surface area contributed by atoms with Gasteiger partial charge in [0, 0.05) is 45.3 Å². The van der Waals surface area contributed by atoms with Crippen molar-refractivity contribution in [3.05, 3.63) is 46.3 Å². The van der Waals surface area contributed by atoms with Gasteiger partial charge in [0.1, 0.15) is 37.1 Å². The summed E-state index contributed by atoms with van der Waals surface area (Å²) < 4.78 is 6.58. The van der Waals surface area contributed by atoms with Gasteiger partial charge in [0.2, 0.25) is 11.5 Å². The second kappa shape index (κ2) is 13.0. The molecule has 5 N–H and O–H groups in total. The predicted octanol–water partition coefficient (Wildman–Crippen LogP) is 1.24. The smallest absolute Gasteiger partial charge is 0.352 e. The normalized spacial score (nSPS) is 16.4. The summed E-state index contributed by atoms with van der Waals surface area (Å²) in [5.41, 5.74) is 7.04. The maximum atomic E-state index is 13.0. The number of nitrogens with zero attached hydrogens (tertiary/aromatic N) is 5. The van der Waals surface area contributed by atoms with Crippen LogP contribution in [-0.2, 0) is 26.3 Å². The number of rotatable bonds is 11. The molecule has 1 amide bonds. The van der Waals surface area contributed by atoms with Gasteiger partial charge in [-0.25, -0.2) is 14.3 Å². The number of thioether (sulfide) groups is 2. The molecule has 4 rings (SSSR count). The molecule has 0 spiro atoms. The van der Waals surface area contributed by atoms with E-state index >= 15 is 0 Å². The van der Waals surface area contributed by atoms with Crippen LogP contribution in [0.15, 0.2) is 50.0 Å². The summed E-state index contributed by atoms with van der Waals surface area (Å²) in [5.74, 6) is -1.72. The van der Waals surface area contributed by atoms with E-state index in [2.05, 4.69) is 30.1 Å². The number of thiazole rings is 1. The number of amides is 1. The van der Waals surface area contributed by atoms with Gasteiger partial charge < -0.3 is 31.1 Å². The predicted molar refractivity (Wildman–Crippen MR) is 149 cm³/mol. The molecule has 3 aromatic rings. The molecule has 0 fully saturated rings. The lowest BCUT2D eigenvalue weighted by atomic mass is 10.2. The molecular formula is C22H23N8O5S4+. The minimum absolute atomic E-state index is 0.0469. The Hall–Kier alpha value is -3.54. The molecule has 0 bridgehead atoms. The number of carboxylic acid groups (broad SMARTS) is 1. The number of carbonyl (C=O) groups is 3. The van der Waals surface area contributed by atoms with Crippen LogP contribution in [0.25, 0.3) is 11.3 Å². The van der Waals surface area contributed by atoms with Gasteiger partial charge in [-0.1, -0.05) is 16.9 Å². The van der Waals surface area contributed by atoms with Crippen LogP contribution in [0, 0.1) is 0 Å². The largest absolute Gasteiger partial charge is 0.477 e. The van der Waals surface area contributed by atoms with Crippen molar-refractivity contribution in [2.75, 3.05) is 18.1 Å². The summed E-state index contributed by atoms with van der Waals surface area (Å²) in [6.07, 6.45) is 4.37. The van der Waals surface area contributed by atoms with Crippen LogP contribution in [0.4, 0.5) is 5.13 Å². The average Bonchev–Trinajstić information content (AvgIpc) is 3.57. The lowest BCUT2D eigenvalue weighted by Crippen LogP contribution is -2.53. The van der Waals surface area contributed by atoms with E-state index < -0.39 is 23.3 Å². The fraction of sp³-hybridized carbons (Fsp3) is 0.273. The van der Waals surface area contributed by atoms with E-state index in [1.165, 1.54) is 34.9 Å². The van der Waals surface area contributed by atoms with Crippen molar-refractivity contribution in [2.45, 2.75) is 22.7 Å². The summed E-state index contributed by atoms with van der Waals surface area (Å²) in [7, 11) is 1.93. The highest BCUT2D eigenvalue weighted by Crippen LogP contribution is 2.38. The summed E-state index contributed by atoms with van der Waals surface area (Å²) >= 11 is 4.81. The van der Waals surface area contributed by atoms with Crippen molar-refractivity contribution in [3.63, 3.8) is 0 Å². The van der Waals surface area contributed by atoms with Gasteiger partial charge >= 0.3 is 5.97 Å². The van der Waals surface area contributed by atoms with Crippen LogP contribution in [0.3, 0.4) is 0 Å². The Morgan fingerprint density at radius 1 is 1.41 bits per heavy atom. The second-order valence-corrected chi connectivity index (χ2v) is 11.9. The molecule has 1 aliphatic rings. The van der Waals surface area contributed by atoms with Crippen molar-refractivity contribution >= 4 is 75.4 Å². The number of aromatic nitrogens is 4. The molecule has 0 radical (unpaired) electrons. The Balaban J connectivity index is 1.48. The topological polar surface area (TPSA) is 186 Å². The zero-order chi connectivity index (χ0) is 27.9. The first kappa shape index (κ1) is 28.5. The Kier molecular flexibility index (Phi) is 9.50. The maximum Gasteiger partial charge on any atom is 0.352 e. The SMILES string of the molecule is CCO/N=C(\C(=O)N[C@H](C=O)[C@@H]1NC(C(=O)O)=C(Sc2nc(-c3cc[n+](C)cc3)cs2)CS1)c1nsc(N)n1. The van der Waals surface area contributed by atoms with Crippen LogP contribution >= 0.6 is 46.4 Å². The van der Waals surface area contributed by atoms with Gasteiger partial charge in [0.25, 0.3) is 5.91 Å². The first-order chi connectivity index (χ1) is 18.8.